The zero-order chi connectivity index (χ0) is 43.5. The number of carboxylic acid groups (broad SMARTS) is 1. The number of rotatable bonds is 8. The molecule has 0 saturated heterocycles. The molecule has 15 nitrogen and oxygen atoms in total. The zero-order valence-corrected chi connectivity index (χ0v) is 34.2. The first kappa shape index (κ1) is 44.7. The lowest BCUT2D eigenvalue weighted by Crippen LogP contribution is -2.42. The van der Waals surface area contributed by atoms with Crippen LogP contribution in [0.3, 0.4) is 0 Å². The quantitative estimate of drug-likeness (QED) is 0.112. The minimum absolute atomic E-state index is 0.0444. The van der Waals surface area contributed by atoms with E-state index in [0.717, 1.165) is 5.56 Å². The van der Waals surface area contributed by atoms with E-state index in [0.29, 0.717) is 45.7 Å². The standard InChI is InChI=1S/C22H23N3O4.C15H21NO3.C7H4N2O2/c1-13(24-21(28)29-22(2,3)4)18-16(14-9-6-5-7-10-14)17(20(26)27)15-11-8-12-23-19(15)25-18;1-11(16-14(18)19-15(2,3)4)13(17)10-12-8-6-5-7-9-12;10-5-4-2-1-3-8-6(4)9-7(5)11/h5-13H,1-4H3,(H,24,28)(H,26,27);5-9,11H,10H2,1-4H3,(H,16,18);1-3H,(H,8,9,10,11)/t;11-;/m.0./s1. The largest absolute Gasteiger partial charge is 0.478 e. The molecule has 0 aliphatic carbocycles. The van der Waals surface area contributed by atoms with E-state index in [4.69, 9.17) is 9.47 Å². The van der Waals surface area contributed by atoms with Gasteiger partial charge < -0.3 is 30.5 Å². The number of aromatic carboxylic acids is 1. The number of amides is 3. The number of alkyl carbamates (subject to hydrolysis) is 2. The Kier molecular flexibility index (Phi) is 14.7. The Hall–Kier alpha value is -7.03. The molecule has 0 spiro atoms. The number of carbonyl (C=O) groups is 6. The molecule has 0 bridgehead atoms. The molecule has 59 heavy (non-hydrogen) atoms. The van der Waals surface area contributed by atoms with Gasteiger partial charge in [0.1, 0.15) is 17.0 Å². The number of hydrogen-bond donors (Lipinski definition) is 4. The molecule has 5 aromatic rings. The van der Waals surface area contributed by atoms with Crippen LogP contribution in [0.15, 0.2) is 97.3 Å². The predicted molar refractivity (Wildman–Crippen MR) is 221 cm³/mol. The number of hydrogen-bond acceptors (Lipinski definition) is 11. The van der Waals surface area contributed by atoms with Crippen LogP contribution in [0, 0.1) is 0 Å². The maximum atomic E-state index is 12.3. The summed E-state index contributed by atoms with van der Waals surface area (Å²) in [6, 6.07) is 23.9. The molecule has 4 N–H and O–H groups in total. The molecular weight excluding hydrogens is 757 g/mol. The van der Waals surface area contributed by atoms with E-state index in [1.54, 1.807) is 85.9 Å². The highest BCUT2D eigenvalue weighted by atomic mass is 16.6. The van der Waals surface area contributed by atoms with E-state index >= 15 is 0 Å². The van der Waals surface area contributed by atoms with Crippen LogP contribution in [0.4, 0.5) is 15.4 Å². The van der Waals surface area contributed by atoms with Crippen molar-refractivity contribution in [2.45, 2.75) is 85.1 Å². The summed E-state index contributed by atoms with van der Waals surface area (Å²) in [5.41, 5.74) is 2.02. The summed E-state index contributed by atoms with van der Waals surface area (Å²) >= 11 is 0. The smallest absolute Gasteiger partial charge is 0.408 e. The Balaban J connectivity index is 0.000000218. The predicted octanol–water partition coefficient (Wildman–Crippen LogP) is 7.51. The van der Waals surface area contributed by atoms with E-state index in [9.17, 15) is 33.9 Å². The van der Waals surface area contributed by atoms with Crippen molar-refractivity contribution in [2.75, 3.05) is 5.32 Å². The molecule has 4 heterocycles. The molecule has 0 fully saturated rings. The van der Waals surface area contributed by atoms with Gasteiger partial charge in [-0.25, -0.2) is 29.3 Å². The molecule has 3 aromatic heterocycles. The fourth-order valence-corrected chi connectivity index (χ4v) is 5.59. The van der Waals surface area contributed by atoms with Crippen molar-refractivity contribution in [2.24, 2.45) is 0 Å². The Bertz CT molecular complexity index is 2320. The van der Waals surface area contributed by atoms with Crippen LogP contribution in [-0.2, 0) is 25.5 Å². The van der Waals surface area contributed by atoms with Crippen LogP contribution in [-0.4, -0.2) is 72.9 Å². The third kappa shape index (κ3) is 13.0. The number of nitrogens with one attached hydrogen (secondary N) is 3. The third-order valence-corrected chi connectivity index (χ3v) is 8.14. The van der Waals surface area contributed by atoms with Gasteiger partial charge in [-0.3, -0.25) is 14.4 Å². The van der Waals surface area contributed by atoms with Gasteiger partial charge in [-0.2, -0.15) is 0 Å². The lowest BCUT2D eigenvalue weighted by molar-refractivity contribution is -0.120. The van der Waals surface area contributed by atoms with Gasteiger partial charge in [-0.05, 0) is 90.8 Å². The molecule has 1 unspecified atom stereocenters. The summed E-state index contributed by atoms with van der Waals surface area (Å²) in [7, 11) is 0. The average molecular weight is 805 g/mol. The number of carbonyl (C=O) groups excluding carboxylic acids is 5. The zero-order valence-electron chi connectivity index (χ0n) is 34.2. The highest BCUT2D eigenvalue weighted by Crippen LogP contribution is 2.35. The lowest BCUT2D eigenvalue weighted by atomic mass is 9.93. The number of nitrogens with zero attached hydrogens (tertiary/aromatic N) is 3. The minimum Gasteiger partial charge on any atom is -0.478 e. The highest BCUT2D eigenvalue weighted by Gasteiger charge is 2.29. The summed E-state index contributed by atoms with van der Waals surface area (Å²) in [6.07, 6.45) is 2.21. The molecular formula is C44H48N6O9. The molecule has 1 aliphatic rings. The second-order valence-electron chi connectivity index (χ2n) is 15.3. The number of carboxylic acids is 1. The van der Waals surface area contributed by atoms with Gasteiger partial charge in [0, 0.05) is 29.8 Å². The second-order valence-corrected chi connectivity index (χ2v) is 15.3. The van der Waals surface area contributed by atoms with Gasteiger partial charge in [0.15, 0.2) is 11.4 Å². The molecule has 1 aliphatic heterocycles. The van der Waals surface area contributed by atoms with E-state index in [1.807, 2.05) is 60.7 Å². The summed E-state index contributed by atoms with van der Waals surface area (Å²) in [5, 5.41) is 18.1. The van der Waals surface area contributed by atoms with Crippen molar-refractivity contribution in [1.82, 2.24) is 25.6 Å². The number of benzene rings is 2. The molecule has 6 rings (SSSR count). The van der Waals surface area contributed by atoms with Gasteiger partial charge in [0.25, 0.3) is 11.7 Å². The molecule has 2 aromatic carbocycles. The summed E-state index contributed by atoms with van der Waals surface area (Å²) in [5.74, 6) is -1.87. The lowest BCUT2D eigenvalue weighted by Gasteiger charge is -2.23. The van der Waals surface area contributed by atoms with Gasteiger partial charge >= 0.3 is 18.2 Å². The molecule has 2 atom stereocenters. The van der Waals surface area contributed by atoms with Crippen molar-refractivity contribution in [3.8, 4) is 11.1 Å². The maximum Gasteiger partial charge on any atom is 0.408 e. The van der Waals surface area contributed by atoms with Crippen LogP contribution in [0.1, 0.15) is 93.4 Å². The van der Waals surface area contributed by atoms with Crippen molar-refractivity contribution in [1.29, 1.82) is 0 Å². The van der Waals surface area contributed by atoms with Crippen LogP contribution < -0.4 is 16.0 Å². The topological polar surface area (TPSA) is 216 Å². The first-order valence-electron chi connectivity index (χ1n) is 18.7. The number of Topliss-reactive ketones (excluding diaryl/α,β-unsaturated/α-hetero) is 2. The molecule has 0 saturated carbocycles. The number of fused-ring (bicyclic) bond motifs is 2. The summed E-state index contributed by atoms with van der Waals surface area (Å²) < 4.78 is 10.4. The number of pyridine rings is 3. The van der Waals surface area contributed by atoms with E-state index in [-0.39, 0.29) is 11.3 Å². The Morgan fingerprint density at radius 2 is 1.31 bits per heavy atom. The third-order valence-electron chi connectivity index (χ3n) is 8.14. The first-order valence-corrected chi connectivity index (χ1v) is 18.7. The highest BCUT2D eigenvalue weighted by molar-refractivity contribution is 6.51. The van der Waals surface area contributed by atoms with E-state index < -0.39 is 53.1 Å². The minimum atomic E-state index is -1.09. The van der Waals surface area contributed by atoms with Gasteiger partial charge in [0.2, 0.25) is 0 Å². The number of ether oxygens (including phenoxy) is 2. The van der Waals surface area contributed by atoms with Crippen molar-refractivity contribution in [3.05, 3.63) is 120 Å². The Labute approximate surface area is 342 Å². The fraction of sp³-hybridized carbons (Fsp3) is 0.295. The fourth-order valence-electron chi connectivity index (χ4n) is 5.59. The number of aromatic nitrogens is 3. The molecule has 308 valence electrons. The van der Waals surface area contributed by atoms with Gasteiger partial charge in [0.05, 0.1) is 28.9 Å². The van der Waals surface area contributed by atoms with Crippen molar-refractivity contribution >= 4 is 52.5 Å². The average Bonchev–Trinajstić information content (AvgIpc) is 3.45. The van der Waals surface area contributed by atoms with Gasteiger partial charge in [-0.15, -0.1) is 0 Å². The number of ketones is 2. The van der Waals surface area contributed by atoms with Crippen LogP contribution in [0.25, 0.3) is 22.2 Å². The summed E-state index contributed by atoms with van der Waals surface area (Å²) in [6.45, 7) is 14.1. The normalized spacial score (nSPS) is 12.9. The van der Waals surface area contributed by atoms with E-state index in [1.165, 1.54) is 6.20 Å². The van der Waals surface area contributed by atoms with Crippen LogP contribution in [0.5, 0.6) is 0 Å². The second kappa shape index (κ2) is 19.4. The van der Waals surface area contributed by atoms with E-state index in [2.05, 4.69) is 30.9 Å². The molecule has 15 heteroatoms. The van der Waals surface area contributed by atoms with Crippen molar-refractivity contribution in [3.63, 3.8) is 0 Å². The summed E-state index contributed by atoms with van der Waals surface area (Å²) in [4.78, 5) is 82.3. The molecule has 0 radical (unpaired) electrons. The first-order chi connectivity index (χ1) is 27.7. The Morgan fingerprint density at radius 3 is 1.88 bits per heavy atom. The monoisotopic (exact) mass is 804 g/mol. The van der Waals surface area contributed by atoms with Crippen LogP contribution >= 0.6 is 0 Å². The van der Waals surface area contributed by atoms with Crippen LogP contribution in [0.2, 0.25) is 0 Å². The number of anilines is 1. The SMILES string of the molecule is CC(NC(=O)OC(C)(C)C)c1nc2ncccc2c(C(=O)O)c1-c1ccccc1.C[C@H](NC(=O)OC(C)(C)C)C(=O)Cc1ccccc1.O=C1Nc2ncccc2C1=O. The Morgan fingerprint density at radius 1 is 0.746 bits per heavy atom. The molecule has 3 amide bonds. The van der Waals surface area contributed by atoms with Gasteiger partial charge in [-0.1, -0.05) is 60.7 Å². The maximum absolute atomic E-state index is 12.3. The van der Waals surface area contributed by atoms with Crippen molar-refractivity contribution < 1.29 is 43.3 Å².